The highest BCUT2D eigenvalue weighted by Gasteiger charge is 2.23. The molecule has 0 heterocycles. The molecule has 100 valence electrons. The van der Waals surface area contributed by atoms with Crippen LogP contribution in [-0.4, -0.2) is 23.2 Å². The van der Waals surface area contributed by atoms with Crippen molar-refractivity contribution in [3.8, 4) is 0 Å². The summed E-state index contributed by atoms with van der Waals surface area (Å²) in [6.07, 6.45) is 0.398. The molecular weight excluding hydrogens is 242 g/mol. The van der Waals surface area contributed by atoms with Gasteiger partial charge in [0.15, 0.2) is 5.82 Å². The number of nitrogens with one attached hydrogen (secondary N) is 1. The Hall–Kier alpha value is -1.69. The van der Waals surface area contributed by atoms with Gasteiger partial charge in [0, 0.05) is 6.54 Å². The van der Waals surface area contributed by atoms with E-state index in [0.717, 1.165) is 12.1 Å². The number of nitrogens with two attached hydrogens (primary N) is 1. The summed E-state index contributed by atoms with van der Waals surface area (Å²) in [7, 11) is 0. The van der Waals surface area contributed by atoms with Crippen LogP contribution in [0.5, 0.6) is 0 Å². The van der Waals surface area contributed by atoms with Crippen LogP contribution in [0.3, 0.4) is 0 Å². The fourth-order valence-corrected chi connectivity index (χ4v) is 1.26. The number of aliphatic hydroxyl groups is 1. The second-order valence-corrected chi connectivity index (χ2v) is 4.36. The fourth-order valence-electron chi connectivity index (χ4n) is 1.26. The van der Waals surface area contributed by atoms with Gasteiger partial charge in [-0.05, 0) is 25.5 Å². The molecule has 1 aromatic carbocycles. The van der Waals surface area contributed by atoms with Crippen LogP contribution in [0.15, 0.2) is 12.1 Å². The average molecular weight is 258 g/mol. The van der Waals surface area contributed by atoms with Crippen molar-refractivity contribution in [2.45, 2.75) is 25.9 Å². The van der Waals surface area contributed by atoms with Gasteiger partial charge in [0.2, 0.25) is 0 Å². The molecule has 1 amide bonds. The van der Waals surface area contributed by atoms with E-state index in [1.807, 2.05) is 0 Å². The Bertz CT molecular complexity index is 462. The lowest BCUT2D eigenvalue weighted by molar-refractivity contribution is 0.0516. The first-order valence-corrected chi connectivity index (χ1v) is 5.52. The predicted octanol–water partition coefficient (Wildman–Crippen LogP) is 1.44. The van der Waals surface area contributed by atoms with Gasteiger partial charge in [0.25, 0.3) is 5.91 Å². The van der Waals surface area contributed by atoms with E-state index in [-0.39, 0.29) is 12.2 Å². The number of carbonyl (C=O) groups is 1. The quantitative estimate of drug-likeness (QED) is 0.715. The molecule has 4 nitrogen and oxygen atoms in total. The van der Waals surface area contributed by atoms with Gasteiger partial charge in [-0.1, -0.05) is 6.92 Å². The van der Waals surface area contributed by atoms with Crippen molar-refractivity contribution >= 4 is 11.6 Å². The Kier molecular flexibility index (Phi) is 4.24. The summed E-state index contributed by atoms with van der Waals surface area (Å²) in [5.74, 6) is -3.02. The number of hydrogen-bond acceptors (Lipinski definition) is 3. The number of carbonyl (C=O) groups excluding carboxylic acids is 1. The fraction of sp³-hybridized carbons (Fsp3) is 0.417. The summed E-state index contributed by atoms with van der Waals surface area (Å²) in [5, 5.41) is 12.0. The summed E-state index contributed by atoms with van der Waals surface area (Å²) in [5.41, 5.74) is 3.11. The molecule has 18 heavy (non-hydrogen) atoms. The number of anilines is 1. The number of amides is 1. The second-order valence-electron chi connectivity index (χ2n) is 4.36. The minimum atomic E-state index is -1.12. The first kappa shape index (κ1) is 14.4. The molecule has 0 saturated carbocycles. The lowest BCUT2D eigenvalue weighted by Gasteiger charge is -2.21. The van der Waals surface area contributed by atoms with Crippen molar-refractivity contribution in [3.05, 3.63) is 29.3 Å². The number of nitrogen functional groups attached to an aromatic ring is 1. The molecule has 6 heteroatoms. The molecule has 0 spiro atoms. The molecule has 0 radical (unpaired) electrons. The maximum atomic E-state index is 13.5. The third kappa shape index (κ3) is 3.16. The van der Waals surface area contributed by atoms with Crippen LogP contribution in [0.4, 0.5) is 14.5 Å². The molecule has 0 aromatic heterocycles. The van der Waals surface area contributed by atoms with E-state index in [2.05, 4.69) is 5.32 Å². The molecule has 0 fully saturated rings. The molecule has 0 aliphatic carbocycles. The zero-order valence-electron chi connectivity index (χ0n) is 10.3. The monoisotopic (exact) mass is 258 g/mol. The molecule has 4 N–H and O–H groups in total. The van der Waals surface area contributed by atoms with Crippen LogP contribution in [0.1, 0.15) is 30.6 Å². The lowest BCUT2D eigenvalue weighted by Crippen LogP contribution is -2.40. The molecular formula is C12H16F2N2O2. The second kappa shape index (κ2) is 5.30. The Morgan fingerprint density at radius 2 is 2.11 bits per heavy atom. The van der Waals surface area contributed by atoms with Crippen LogP contribution >= 0.6 is 0 Å². The van der Waals surface area contributed by atoms with Crippen molar-refractivity contribution in [2.75, 3.05) is 12.3 Å². The number of hydrogen-bond donors (Lipinski definition) is 3. The number of benzene rings is 1. The van der Waals surface area contributed by atoms with E-state index < -0.39 is 28.7 Å². The third-order valence-electron chi connectivity index (χ3n) is 2.74. The highest BCUT2D eigenvalue weighted by Crippen LogP contribution is 2.18. The van der Waals surface area contributed by atoms with E-state index in [1.165, 1.54) is 6.92 Å². The van der Waals surface area contributed by atoms with Crippen molar-refractivity contribution in [2.24, 2.45) is 0 Å². The van der Waals surface area contributed by atoms with Crippen LogP contribution in [-0.2, 0) is 0 Å². The Morgan fingerprint density at radius 3 is 2.67 bits per heavy atom. The summed E-state index contributed by atoms with van der Waals surface area (Å²) >= 11 is 0. The highest BCUT2D eigenvalue weighted by atomic mass is 19.1. The van der Waals surface area contributed by atoms with Gasteiger partial charge < -0.3 is 16.2 Å². The van der Waals surface area contributed by atoms with Gasteiger partial charge in [0.1, 0.15) is 11.4 Å². The summed E-state index contributed by atoms with van der Waals surface area (Å²) in [6.45, 7) is 3.14. The van der Waals surface area contributed by atoms with Crippen molar-refractivity contribution in [3.63, 3.8) is 0 Å². The minimum Gasteiger partial charge on any atom is -0.396 e. The lowest BCUT2D eigenvalue weighted by atomic mass is 10.0. The van der Waals surface area contributed by atoms with Crippen LogP contribution < -0.4 is 11.1 Å². The summed E-state index contributed by atoms with van der Waals surface area (Å²) in [4.78, 5) is 11.6. The molecule has 1 atom stereocenters. The predicted molar refractivity (Wildman–Crippen MR) is 64.0 cm³/mol. The Balaban J connectivity index is 2.89. The van der Waals surface area contributed by atoms with Crippen LogP contribution in [0.25, 0.3) is 0 Å². The molecule has 0 aliphatic rings. The van der Waals surface area contributed by atoms with Crippen molar-refractivity contribution < 1.29 is 18.7 Å². The number of halogens is 2. The molecule has 1 rings (SSSR count). The Labute approximate surface area is 104 Å². The summed E-state index contributed by atoms with van der Waals surface area (Å²) in [6, 6.07) is 1.97. The topological polar surface area (TPSA) is 75.3 Å². The Morgan fingerprint density at radius 1 is 1.50 bits per heavy atom. The molecule has 0 bridgehead atoms. The van der Waals surface area contributed by atoms with E-state index in [0.29, 0.717) is 6.42 Å². The van der Waals surface area contributed by atoms with Crippen LogP contribution in [0.2, 0.25) is 0 Å². The van der Waals surface area contributed by atoms with Gasteiger partial charge in [-0.25, -0.2) is 8.78 Å². The minimum absolute atomic E-state index is 0.101. The van der Waals surface area contributed by atoms with E-state index in [1.54, 1.807) is 6.92 Å². The van der Waals surface area contributed by atoms with E-state index >= 15 is 0 Å². The third-order valence-corrected chi connectivity index (χ3v) is 2.74. The maximum absolute atomic E-state index is 13.5. The van der Waals surface area contributed by atoms with Gasteiger partial charge in [-0.3, -0.25) is 4.79 Å². The van der Waals surface area contributed by atoms with Gasteiger partial charge in [0.05, 0.1) is 11.3 Å². The van der Waals surface area contributed by atoms with E-state index in [9.17, 15) is 18.7 Å². The standard InChI is InChI=1S/C12H16F2N2O2/c1-3-12(2,18)6-16-11(17)9-7(13)4-5-8(15)10(9)14/h4-5,18H,3,6,15H2,1-2H3,(H,16,17). The molecule has 1 aromatic rings. The molecule has 1 unspecified atom stereocenters. The van der Waals surface area contributed by atoms with Crippen molar-refractivity contribution in [1.29, 1.82) is 0 Å². The van der Waals surface area contributed by atoms with Crippen molar-refractivity contribution in [1.82, 2.24) is 5.32 Å². The zero-order chi connectivity index (χ0) is 13.9. The van der Waals surface area contributed by atoms with Gasteiger partial charge >= 0.3 is 0 Å². The smallest absolute Gasteiger partial charge is 0.257 e. The largest absolute Gasteiger partial charge is 0.396 e. The average Bonchev–Trinajstić information content (AvgIpc) is 2.32. The maximum Gasteiger partial charge on any atom is 0.257 e. The first-order chi connectivity index (χ1) is 8.28. The molecule has 0 saturated heterocycles. The highest BCUT2D eigenvalue weighted by molar-refractivity contribution is 5.95. The van der Waals surface area contributed by atoms with Gasteiger partial charge in [-0.2, -0.15) is 0 Å². The normalized spacial score (nSPS) is 14.1. The van der Waals surface area contributed by atoms with E-state index in [4.69, 9.17) is 5.73 Å². The summed E-state index contributed by atoms with van der Waals surface area (Å²) < 4.78 is 26.9. The first-order valence-electron chi connectivity index (χ1n) is 5.52. The molecule has 0 aliphatic heterocycles. The van der Waals surface area contributed by atoms with Gasteiger partial charge in [-0.15, -0.1) is 0 Å². The van der Waals surface area contributed by atoms with Crippen LogP contribution in [0, 0.1) is 11.6 Å². The number of rotatable bonds is 4. The zero-order valence-corrected chi connectivity index (χ0v) is 10.3. The SMILES string of the molecule is CCC(C)(O)CNC(=O)c1c(F)ccc(N)c1F.